The van der Waals surface area contributed by atoms with Crippen molar-refractivity contribution in [1.29, 1.82) is 0 Å². The second kappa shape index (κ2) is 8.86. The van der Waals surface area contributed by atoms with E-state index in [1.165, 1.54) is 12.7 Å². The molecule has 2 N–H and O–H groups in total. The standard InChI is InChI=1S/C18H27N3O5S/c22-17(15-5-7-27(24,25)8-6-15)19-9-13-1-3-14(4-2-13)10-20-18(23)16-11-26-12-21-16/h11-15H,1-10H2,(H,19,22)(H,20,23). The molecule has 150 valence electrons. The number of hydrogen-bond donors (Lipinski definition) is 2. The average molecular weight is 397 g/mol. The molecule has 1 aliphatic heterocycles. The summed E-state index contributed by atoms with van der Waals surface area (Å²) >= 11 is 0. The summed E-state index contributed by atoms with van der Waals surface area (Å²) in [6.07, 6.45) is 7.51. The van der Waals surface area contributed by atoms with Gasteiger partial charge in [0.1, 0.15) is 16.1 Å². The predicted molar refractivity (Wildman–Crippen MR) is 98.7 cm³/mol. The van der Waals surface area contributed by atoms with E-state index in [0.717, 1.165) is 25.7 Å². The smallest absolute Gasteiger partial charge is 0.273 e. The summed E-state index contributed by atoms with van der Waals surface area (Å²) in [4.78, 5) is 27.9. The Labute approximate surface area is 159 Å². The van der Waals surface area contributed by atoms with Crippen LogP contribution < -0.4 is 10.6 Å². The molecule has 0 unspecified atom stereocenters. The van der Waals surface area contributed by atoms with Gasteiger partial charge in [-0.05, 0) is 50.4 Å². The fourth-order valence-electron chi connectivity index (χ4n) is 3.83. The van der Waals surface area contributed by atoms with Gasteiger partial charge in [-0.1, -0.05) is 0 Å². The summed E-state index contributed by atoms with van der Waals surface area (Å²) in [7, 11) is -2.94. The van der Waals surface area contributed by atoms with E-state index in [4.69, 9.17) is 4.42 Å². The van der Waals surface area contributed by atoms with Gasteiger partial charge >= 0.3 is 0 Å². The molecule has 2 heterocycles. The molecule has 0 bridgehead atoms. The number of nitrogens with zero attached hydrogens (tertiary/aromatic N) is 1. The molecule has 27 heavy (non-hydrogen) atoms. The number of oxazole rings is 1. The maximum Gasteiger partial charge on any atom is 0.273 e. The van der Waals surface area contributed by atoms with Crippen molar-refractivity contribution in [2.45, 2.75) is 38.5 Å². The molecule has 2 fully saturated rings. The van der Waals surface area contributed by atoms with E-state index in [2.05, 4.69) is 15.6 Å². The van der Waals surface area contributed by atoms with E-state index in [1.54, 1.807) is 0 Å². The molecule has 1 aromatic heterocycles. The summed E-state index contributed by atoms with van der Waals surface area (Å²) in [5, 5.41) is 5.90. The first kappa shape index (κ1) is 19.9. The SMILES string of the molecule is O=C(NCC1CCC(CNC(=O)C2CCS(=O)(=O)CC2)CC1)c1cocn1. The van der Waals surface area contributed by atoms with Gasteiger partial charge in [0.25, 0.3) is 5.91 Å². The number of carbonyl (C=O) groups is 2. The number of amides is 2. The molecular weight excluding hydrogens is 370 g/mol. The molecule has 8 nitrogen and oxygen atoms in total. The molecule has 0 atom stereocenters. The van der Waals surface area contributed by atoms with Crippen LogP contribution in [-0.2, 0) is 14.6 Å². The molecule has 1 saturated heterocycles. The summed E-state index contributed by atoms with van der Waals surface area (Å²) in [6, 6.07) is 0. The van der Waals surface area contributed by atoms with Crippen LogP contribution in [-0.4, -0.2) is 49.8 Å². The van der Waals surface area contributed by atoms with Gasteiger partial charge in [-0.2, -0.15) is 0 Å². The van der Waals surface area contributed by atoms with Gasteiger partial charge in [0, 0.05) is 19.0 Å². The first-order chi connectivity index (χ1) is 12.9. The van der Waals surface area contributed by atoms with Gasteiger partial charge in [0.15, 0.2) is 12.1 Å². The van der Waals surface area contributed by atoms with Crippen molar-refractivity contribution >= 4 is 21.7 Å². The fraction of sp³-hybridized carbons (Fsp3) is 0.722. The van der Waals surface area contributed by atoms with Crippen LogP contribution in [0.3, 0.4) is 0 Å². The second-order valence-corrected chi connectivity index (χ2v) is 9.95. The number of rotatable bonds is 6. The number of aromatic nitrogens is 1. The Kier molecular flexibility index (Phi) is 6.51. The van der Waals surface area contributed by atoms with E-state index < -0.39 is 9.84 Å². The zero-order valence-corrected chi connectivity index (χ0v) is 16.2. The molecule has 0 radical (unpaired) electrons. The van der Waals surface area contributed by atoms with Gasteiger partial charge in [-0.15, -0.1) is 0 Å². The van der Waals surface area contributed by atoms with Crippen LogP contribution in [0, 0.1) is 17.8 Å². The van der Waals surface area contributed by atoms with E-state index in [0.29, 0.717) is 43.5 Å². The lowest BCUT2D eigenvalue weighted by Gasteiger charge is -2.29. The lowest BCUT2D eigenvalue weighted by Crippen LogP contribution is -2.39. The molecule has 1 aliphatic carbocycles. The Morgan fingerprint density at radius 3 is 2.15 bits per heavy atom. The number of sulfone groups is 1. The molecule has 1 aromatic rings. The Bertz CT molecular complexity index is 725. The minimum atomic E-state index is -2.94. The van der Waals surface area contributed by atoms with Crippen molar-refractivity contribution in [3.05, 3.63) is 18.4 Å². The summed E-state index contributed by atoms with van der Waals surface area (Å²) in [6.45, 7) is 1.28. The van der Waals surface area contributed by atoms with Gasteiger partial charge in [0.05, 0.1) is 11.5 Å². The monoisotopic (exact) mass is 397 g/mol. The van der Waals surface area contributed by atoms with Gasteiger partial charge < -0.3 is 15.1 Å². The van der Waals surface area contributed by atoms with Crippen molar-refractivity contribution in [2.75, 3.05) is 24.6 Å². The maximum absolute atomic E-state index is 12.2. The summed E-state index contributed by atoms with van der Waals surface area (Å²) in [5.41, 5.74) is 0.293. The van der Waals surface area contributed by atoms with Crippen molar-refractivity contribution in [3.63, 3.8) is 0 Å². The van der Waals surface area contributed by atoms with E-state index in [1.807, 2.05) is 0 Å². The second-order valence-electron chi connectivity index (χ2n) is 7.64. The molecule has 2 aliphatic rings. The topological polar surface area (TPSA) is 118 Å². The highest BCUT2D eigenvalue weighted by Crippen LogP contribution is 2.28. The number of hydrogen-bond acceptors (Lipinski definition) is 6. The molecule has 3 rings (SSSR count). The van der Waals surface area contributed by atoms with Gasteiger partial charge in [-0.25, -0.2) is 13.4 Å². The Morgan fingerprint density at radius 1 is 1.00 bits per heavy atom. The average Bonchev–Trinajstić information content (AvgIpc) is 3.20. The molecule has 1 saturated carbocycles. The lowest BCUT2D eigenvalue weighted by molar-refractivity contribution is -0.125. The van der Waals surface area contributed by atoms with Crippen molar-refractivity contribution in [1.82, 2.24) is 15.6 Å². The van der Waals surface area contributed by atoms with Crippen LogP contribution in [0.1, 0.15) is 49.0 Å². The largest absolute Gasteiger partial charge is 0.451 e. The molecule has 9 heteroatoms. The van der Waals surface area contributed by atoms with Crippen molar-refractivity contribution in [3.8, 4) is 0 Å². The van der Waals surface area contributed by atoms with Gasteiger partial charge in [0.2, 0.25) is 5.91 Å². The Morgan fingerprint density at radius 2 is 1.59 bits per heavy atom. The van der Waals surface area contributed by atoms with E-state index in [-0.39, 0.29) is 29.2 Å². The zero-order valence-electron chi connectivity index (χ0n) is 15.4. The lowest BCUT2D eigenvalue weighted by atomic mass is 9.82. The Hall–Kier alpha value is -1.90. The molecule has 0 aromatic carbocycles. The zero-order chi connectivity index (χ0) is 19.3. The highest BCUT2D eigenvalue weighted by atomic mass is 32.2. The van der Waals surface area contributed by atoms with Crippen LogP contribution in [0.4, 0.5) is 0 Å². The third kappa shape index (κ3) is 5.79. The Balaban J connectivity index is 1.31. The normalized spacial score (nSPS) is 25.6. The third-order valence-corrected chi connectivity index (χ3v) is 7.39. The third-order valence-electron chi connectivity index (χ3n) is 5.67. The van der Waals surface area contributed by atoms with Gasteiger partial charge in [-0.3, -0.25) is 9.59 Å². The van der Waals surface area contributed by atoms with E-state index in [9.17, 15) is 18.0 Å². The highest BCUT2D eigenvalue weighted by molar-refractivity contribution is 7.91. The van der Waals surface area contributed by atoms with Crippen LogP contribution >= 0.6 is 0 Å². The van der Waals surface area contributed by atoms with Crippen molar-refractivity contribution in [2.24, 2.45) is 17.8 Å². The number of carbonyl (C=O) groups excluding carboxylic acids is 2. The van der Waals surface area contributed by atoms with Crippen LogP contribution in [0.15, 0.2) is 17.1 Å². The van der Waals surface area contributed by atoms with E-state index >= 15 is 0 Å². The van der Waals surface area contributed by atoms with Crippen molar-refractivity contribution < 1.29 is 22.4 Å². The summed E-state index contributed by atoms with van der Waals surface area (Å²) < 4.78 is 27.7. The predicted octanol–water partition coefficient (Wildman–Crippen LogP) is 1.15. The first-order valence-corrected chi connectivity index (χ1v) is 11.4. The fourth-order valence-corrected chi connectivity index (χ4v) is 5.32. The molecule has 0 spiro atoms. The summed E-state index contributed by atoms with van der Waals surface area (Å²) in [5.74, 6) is 0.739. The van der Waals surface area contributed by atoms with Crippen LogP contribution in [0.25, 0.3) is 0 Å². The van der Waals surface area contributed by atoms with Crippen LogP contribution in [0.2, 0.25) is 0 Å². The molecule has 2 amide bonds. The number of nitrogens with one attached hydrogen (secondary N) is 2. The van der Waals surface area contributed by atoms with Crippen LogP contribution in [0.5, 0.6) is 0 Å². The minimum Gasteiger partial charge on any atom is -0.451 e. The first-order valence-electron chi connectivity index (χ1n) is 9.57. The maximum atomic E-state index is 12.2. The minimum absolute atomic E-state index is 0.00750. The quantitative estimate of drug-likeness (QED) is 0.743. The molecular formula is C18H27N3O5S. The highest BCUT2D eigenvalue weighted by Gasteiger charge is 2.29.